The Hall–Kier alpha value is -5.59. The van der Waals surface area contributed by atoms with Crippen LogP contribution in [0.4, 0.5) is 21.0 Å². The lowest BCUT2D eigenvalue weighted by Gasteiger charge is -2.40. The Labute approximate surface area is 283 Å². The molecule has 3 aromatic carbocycles. The molecule has 3 aromatic rings. The van der Waals surface area contributed by atoms with Crippen molar-refractivity contribution < 1.29 is 38.4 Å². The van der Waals surface area contributed by atoms with Gasteiger partial charge in [-0.25, -0.2) is 9.59 Å². The Morgan fingerprint density at radius 3 is 2.16 bits per heavy atom. The van der Waals surface area contributed by atoms with Gasteiger partial charge in [0.2, 0.25) is 5.91 Å². The monoisotopic (exact) mass is 672 g/mol. The van der Waals surface area contributed by atoms with Crippen LogP contribution in [-0.2, 0) is 25.7 Å². The molecule has 0 aliphatic heterocycles. The predicted octanol–water partition coefficient (Wildman–Crippen LogP) is 6.21. The van der Waals surface area contributed by atoms with E-state index in [4.69, 9.17) is 15.2 Å². The van der Waals surface area contributed by atoms with Crippen LogP contribution in [0, 0.1) is 21.4 Å². The summed E-state index contributed by atoms with van der Waals surface area (Å²) in [4.78, 5) is 74.2. The highest BCUT2D eigenvalue weighted by molar-refractivity contribution is 6.09. The standard InChI is InChI=1S/C36H40N4O9/c1-24(26-7-3-2-4-8-26)21-31(41)36(18-6-19-36)32(42)22-27(9-5-20-38-34(37)44)33(43)39-28-12-10-25(11-13-28)23-48-35(45)49-30-16-14-29(15-17-30)40(46)47/h2-4,7-8,10-17,24,27H,5-6,9,18-23H2,1H3,(H,39,43)(H3,37,38,44)/t24-,27+/m0/s1. The van der Waals surface area contributed by atoms with E-state index in [0.717, 1.165) is 12.0 Å². The van der Waals surface area contributed by atoms with Gasteiger partial charge in [0.1, 0.15) is 23.9 Å². The molecule has 0 aromatic heterocycles. The van der Waals surface area contributed by atoms with E-state index in [0.29, 0.717) is 30.5 Å². The number of urea groups is 1. The third-order valence-corrected chi connectivity index (χ3v) is 8.79. The number of nitrogens with zero attached hydrogens (tertiary/aromatic N) is 1. The summed E-state index contributed by atoms with van der Waals surface area (Å²) in [6.45, 7) is 2.06. The highest BCUT2D eigenvalue weighted by atomic mass is 16.7. The molecule has 13 heteroatoms. The molecular weight excluding hydrogens is 632 g/mol. The van der Waals surface area contributed by atoms with E-state index >= 15 is 0 Å². The number of rotatable bonds is 17. The Kier molecular flexibility index (Phi) is 12.6. The van der Waals surface area contributed by atoms with Gasteiger partial charge in [0.15, 0.2) is 0 Å². The van der Waals surface area contributed by atoms with Gasteiger partial charge in [0.25, 0.3) is 5.69 Å². The SMILES string of the molecule is C[C@@H](CC(=O)C1(C(=O)C[C@@H](CCCNC(N)=O)C(=O)Nc2ccc(COC(=O)Oc3ccc([N+](=O)[O-])cc3)cc2)CCC1)c1ccccc1. The van der Waals surface area contributed by atoms with E-state index in [-0.39, 0.29) is 61.3 Å². The van der Waals surface area contributed by atoms with Crippen molar-refractivity contribution in [2.75, 3.05) is 11.9 Å². The third-order valence-electron chi connectivity index (χ3n) is 8.79. The smallest absolute Gasteiger partial charge is 0.429 e. The number of primary amides is 1. The number of Topliss-reactive ketones (excluding diaryl/α,β-unsaturated/α-hetero) is 2. The molecule has 49 heavy (non-hydrogen) atoms. The summed E-state index contributed by atoms with van der Waals surface area (Å²) in [6, 6.07) is 20.5. The molecule has 1 aliphatic carbocycles. The molecule has 0 saturated heterocycles. The predicted molar refractivity (Wildman–Crippen MR) is 180 cm³/mol. The largest absolute Gasteiger partial charge is 0.514 e. The third kappa shape index (κ3) is 10.2. The van der Waals surface area contributed by atoms with Crippen molar-refractivity contribution >= 4 is 41.0 Å². The Morgan fingerprint density at radius 2 is 1.57 bits per heavy atom. The van der Waals surface area contributed by atoms with Crippen LogP contribution in [0.1, 0.15) is 68.9 Å². The maximum absolute atomic E-state index is 13.8. The summed E-state index contributed by atoms with van der Waals surface area (Å²) in [7, 11) is 0. The highest BCUT2D eigenvalue weighted by Gasteiger charge is 2.50. The quantitative estimate of drug-likeness (QED) is 0.0373. The van der Waals surface area contributed by atoms with Gasteiger partial charge in [-0.15, -0.1) is 0 Å². The average molecular weight is 673 g/mol. The number of non-ortho nitro benzene ring substituents is 1. The minimum absolute atomic E-state index is 0.0491. The zero-order valence-electron chi connectivity index (χ0n) is 27.2. The van der Waals surface area contributed by atoms with Gasteiger partial charge >= 0.3 is 12.2 Å². The van der Waals surface area contributed by atoms with Gasteiger partial charge < -0.3 is 25.8 Å². The van der Waals surface area contributed by atoms with E-state index in [9.17, 15) is 34.1 Å². The number of hydrogen-bond donors (Lipinski definition) is 3. The van der Waals surface area contributed by atoms with Crippen molar-refractivity contribution in [3.05, 3.63) is 100 Å². The molecule has 1 saturated carbocycles. The fraction of sp³-hybridized carbons (Fsp3) is 0.361. The van der Waals surface area contributed by atoms with Crippen molar-refractivity contribution in [3.8, 4) is 5.75 Å². The van der Waals surface area contributed by atoms with Gasteiger partial charge in [0, 0.05) is 43.1 Å². The van der Waals surface area contributed by atoms with Gasteiger partial charge in [-0.2, -0.15) is 0 Å². The number of nitrogens with two attached hydrogens (primary N) is 1. The second-order valence-electron chi connectivity index (χ2n) is 12.2. The summed E-state index contributed by atoms with van der Waals surface area (Å²) in [5.41, 5.74) is 6.00. The molecule has 0 spiro atoms. The first-order chi connectivity index (χ1) is 23.5. The number of amides is 3. The second-order valence-corrected chi connectivity index (χ2v) is 12.2. The summed E-state index contributed by atoms with van der Waals surface area (Å²) in [5.74, 6) is -1.45. The van der Waals surface area contributed by atoms with Gasteiger partial charge in [-0.05, 0) is 67.0 Å². The number of carbonyl (C=O) groups excluding carboxylic acids is 5. The molecule has 0 unspecified atom stereocenters. The Bertz CT molecular complexity index is 1640. The van der Waals surface area contributed by atoms with Crippen molar-refractivity contribution in [1.82, 2.24) is 5.32 Å². The zero-order chi connectivity index (χ0) is 35.4. The molecule has 258 valence electrons. The van der Waals surface area contributed by atoms with Gasteiger partial charge in [0.05, 0.1) is 10.3 Å². The molecule has 1 aliphatic rings. The van der Waals surface area contributed by atoms with Crippen LogP contribution in [0.2, 0.25) is 0 Å². The molecule has 4 N–H and O–H groups in total. The lowest BCUT2D eigenvalue weighted by atomic mass is 9.60. The molecule has 4 rings (SSSR count). The van der Waals surface area contributed by atoms with Gasteiger partial charge in [-0.3, -0.25) is 24.5 Å². The van der Waals surface area contributed by atoms with Crippen molar-refractivity contribution in [1.29, 1.82) is 0 Å². The number of nitro benzene ring substituents is 1. The lowest BCUT2D eigenvalue weighted by molar-refractivity contribution is -0.384. The summed E-state index contributed by atoms with van der Waals surface area (Å²) in [5, 5.41) is 16.1. The number of carbonyl (C=O) groups is 5. The minimum Gasteiger partial charge on any atom is -0.429 e. The fourth-order valence-corrected chi connectivity index (χ4v) is 5.75. The Balaban J connectivity index is 1.34. The number of nitro groups is 1. The molecule has 2 atom stereocenters. The van der Waals surface area contributed by atoms with Crippen LogP contribution in [0.3, 0.4) is 0 Å². The molecule has 0 heterocycles. The van der Waals surface area contributed by atoms with Crippen LogP contribution in [0.15, 0.2) is 78.9 Å². The van der Waals surface area contributed by atoms with E-state index in [2.05, 4.69) is 10.6 Å². The van der Waals surface area contributed by atoms with E-state index in [1.807, 2.05) is 37.3 Å². The van der Waals surface area contributed by atoms with Crippen LogP contribution in [0.25, 0.3) is 0 Å². The Morgan fingerprint density at radius 1 is 0.918 bits per heavy atom. The van der Waals surface area contributed by atoms with Gasteiger partial charge in [-0.1, -0.05) is 55.8 Å². The number of ketones is 2. The van der Waals surface area contributed by atoms with E-state index in [1.165, 1.54) is 24.3 Å². The first-order valence-corrected chi connectivity index (χ1v) is 16.1. The normalized spacial score (nSPS) is 14.3. The summed E-state index contributed by atoms with van der Waals surface area (Å²) >= 11 is 0. The molecule has 13 nitrogen and oxygen atoms in total. The summed E-state index contributed by atoms with van der Waals surface area (Å²) < 4.78 is 10.1. The molecule has 1 fully saturated rings. The number of anilines is 1. The topological polar surface area (TPSA) is 197 Å². The highest BCUT2D eigenvalue weighted by Crippen LogP contribution is 2.46. The molecule has 0 bridgehead atoms. The number of nitrogens with one attached hydrogen (secondary N) is 2. The summed E-state index contributed by atoms with van der Waals surface area (Å²) in [6.07, 6.45) is 1.50. The van der Waals surface area contributed by atoms with Crippen molar-refractivity contribution in [2.24, 2.45) is 17.1 Å². The number of benzene rings is 3. The van der Waals surface area contributed by atoms with Crippen LogP contribution >= 0.6 is 0 Å². The number of hydrogen-bond acceptors (Lipinski definition) is 9. The van der Waals surface area contributed by atoms with Crippen LogP contribution in [-0.4, -0.2) is 41.1 Å². The molecule has 0 radical (unpaired) electrons. The van der Waals surface area contributed by atoms with Crippen molar-refractivity contribution in [2.45, 2.75) is 64.4 Å². The zero-order valence-corrected chi connectivity index (χ0v) is 27.2. The lowest BCUT2D eigenvalue weighted by Crippen LogP contribution is -2.47. The molecule has 3 amide bonds. The maximum atomic E-state index is 13.8. The minimum atomic E-state index is -1.09. The van der Waals surface area contributed by atoms with E-state index < -0.39 is 34.3 Å². The second kappa shape index (κ2) is 17.0. The van der Waals surface area contributed by atoms with Crippen LogP contribution in [0.5, 0.6) is 5.75 Å². The van der Waals surface area contributed by atoms with Crippen molar-refractivity contribution in [3.63, 3.8) is 0 Å². The first-order valence-electron chi connectivity index (χ1n) is 16.1. The number of ether oxygens (including phenoxy) is 2. The maximum Gasteiger partial charge on any atom is 0.514 e. The fourth-order valence-electron chi connectivity index (χ4n) is 5.75. The van der Waals surface area contributed by atoms with Crippen LogP contribution < -0.4 is 21.1 Å². The average Bonchev–Trinajstić information content (AvgIpc) is 3.05. The molecular formula is C36H40N4O9. The first kappa shape index (κ1) is 36.2. The van der Waals surface area contributed by atoms with E-state index in [1.54, 1.807) is 24.3 Å².